The quantitative estimate of drug-likeness (QED) is 0.259. The van der Waals surface area contributed by atoms with Crippen LogP contribution in [0.2, 0.25) is 0 Å². The number of carbonyl (C=O) groups is 1. The SMILES string of the molecule is CN1CC[C@]23c4c5ccc(O)c4O[C@H]2C(=O)CC[C@H]3[C@H]1C5.CN1CC[C@]23c4c5ccc(O)c4O[C@H]2[C@@H](O)C=C[C@H]3[C@H]1C5.COc1ccc2c3c1O[C@H]1[C@@H](O)C=C[C@H]4[C@@H](C2)N(C)CC[C@@]341. The molecule has 3 aromatic carbocycles. The van der Waals surface area contributed by atoms with Gasteiger partial charge >= 0.3 is 0 Å². The number of phenols is 2. The molecular weight excluding hydrogens is 811 g/mol. The number of benzene rings is 3. The predicted molar refractivity (Wildman–Crippen MR) is 237 cm³/mol. The summed E-state index contributed by atoms with van der Waals surface area (Å²) >= 11 is 0. The van der Waals surface area contributed by atoms with E-state index in [1.54, 1.807) is 19.2 Å². The van der Waals surface area contributed by atoms with Crippen molar-refractivity contribution in [3.63, 3.8) is 0 Å². The number of methoxy groups -OCH3 is 1. The fraction of sp³-hybridized carbons (Fsp3) is 0.558. The Bertz CT molecular complexity index is 2560. The summed E-state index contributed by atoms with van der Waals surface area (Å²) in [5.74, 6) is 4.77. The van der Waals surface area contributed by atoms with Crippen molar-refractivity contribution in [2.75, 3.05) is 47.9 Å². The highest BCUT2D eigenvalue weighted by molar-refractivity contribution is 5.89. The van der Waals surface area contributed by atoms with Crippen molar-refractivity contribution in [1.82, 2.24) is 14.7 Å². The summed E-state index contributed by atoms with van der Waals surface area (Å²) in [6.07, 6.45) is 13.9. The van der Waals surface area contributed by atoms with Crippen molar-refractivity contribution >= 4 is 5.78 Å². The number of ether oxygens (including phenoxy) is 4. The van der Waals surface area contributed by atoms with Crippen molar-refractivity contribution in [2.45, 2.75) is 116 Å². The molecule has 12 nitrogen and oxygen atoms in total. The number of piperidine rings is 3. The lowest BCUT2D eigenvalue weighted by atomic mass is 9.52. The molecule has 6 bridgehead atoms. The van der Waals surface area contributed by atoms with Gasteiger partial charge in [0.15, 0.2) is 46.4 Å². The zero-order valence-corrected chi connectivity index (χ0v) is 37.1. The van der Waals surface area contributed by atoms with E-state index in [0.717, 1.165) is 81.6 Å². The largest absolute Gasteiger partial charge is 0.504 e. The minimum atomic E-state index is -0.594. The smallest absolute Gasteiger partial charge is 0.174 e. The number of phenolic OH excluding ortho intramolecular Hbond substituents is 2. The molecule has 64 heavy (non-hydrogen) atoms. The van der Waals surface area contributed by atoms with E-state index in [1.807, 2.05) is 30.4 Å². The molecule has 3 saturated heterocycles. The Morgan fingerprint density at radius 3 is 1.66 bits per heavy atom. The van der Waals surface area contributed by atoms with Crippen LogP contribution in [0, 0.1) is 17.8 Å². The Labute approximate surface area is 374 Å². The first-order valence-electron chi connectivity index (χ1n) is 23.7. The predicted octanol–water partition coefficient (Wildman–Crippen LogP) is 4.33. The molecule has 14 atom stereocenters. The fourth-order valence-corrected chi connectivity index (χ4v) is 16.1. The minimum absolute atomic E-state index is 0.0806. The molecule has 12 heteroatoms. The summed E-state index contributed by atoms with van der Waals surface area (Å²) in [4.78, 5) is 19.9. The second-order valence-electron chi connectivity index (χ2n) is 21.1. The topological polar surface area (TPSA) is 145 Å². The van der Waals surface area contributed by atoms with Crippen molar-refractivity contribution < 1.29 is 44.2 Å². The average molecular weight is 870 g/mol. The van der Waals surface area contributed by atoms with Crippen molar-refractivity contribution in [3.8, 4) is 34.5 Å². The molecule has 0 aromatic heterocycles. The lowest BCUT2D eigenvalue weighted by molar-refractivity contribution is -0.138. The summed E-state index contributed by atoms with van der Waals surface area (Å²) in [5.41, 5.74) is 7.15. The van der Waals surface area contributed by atoms with Crippen molar-refractivity contribution in [1.29, 1.82) is 0 Å². The lowest BCUT2D eigenvalue weighted by Crippen LogP contribution is -2.65. The Morgan fingerprint density at radius 1 is 0.609 bits per heavy atom. The van der Waals surface area contributed by atoms with E-state index in [-0.39, 0.29) is 51.8 Å². The van der Waals surface area contributed by atoms with Crippen LogP contribution in [0.5, 0.6) is 34.5 Å². The van der Waals surface area contributed by atoms with Gasteiger partial charge in [-0.2, -0.15) is 0 Å². The van der Waals surface area contributed by atoms with E-state index in [0.29, 0.717) is 53.8 Å². The molecule has 15 rings (SSSR count). The van der Waals surface area contributed by atoms with Crippen LogP contribution in [-0.4, -0.2) is 137 Å². The van der Waals surface area contributed by atoms with E-state index in [1.165, 1.54) is 27.8 Å². The normalized spacial score (nSPS) is 41.2. The summed E-state index contributed by atoms with van der Waals surface area (Å²) in [5, 5.41) is 41.4. The number of hydrogen-bond donors (Lipinski definition) is 4. The third-order valence-corrected chi connectivity index (χ3v) is 18.9. The maximum Gasteiger partial charge on any atom is 0.174 e. The number of aliphatic hydroxyl groups is 2. The molecule has 6 heterocycles. The molecule has 12 aliphatic rings. The maximum absolute atomic E-state index is 12.5. The van der Waals surface area contributed by atoms with Gasteiger partial charge in [0.25, 0.3) is 0 Å². The highest BCUT2D eigenvalue weighted by atomic mass is 16.5. The van der Waals surface area contributed by atoms with Gasteiger partial charge in [0.1, 0.15) is 24.4 Å². The second kappa shape index (κ2) is 13.5. The highest BCUT2D eigenvalue weighted by Crippen LogP contribution is 2.65. The monoisotopic (exact) mass is 869 g/mol. The van der Waals surface area contributed by atoms with Crippen LogP contribution in [0.15, 0.2) is 60.7 Å². The van der Waals surface area contributed by atoms with Crippen LogP contribution in [-0.2, 0) is 40.3 Å². The van der Waals surface area contributed by atoms with E-state index >= 15 is 0 Å². The minimum Gasteiger partial charge on any atom is -0.504 e. The zero-order chi connectivity index (χ0) is 43.8. The molecule has 336 valence electrons. The Kier molecular flexibility index (Phi) is 8.39. The van der Waals surface area contributed by atoms with E-state index in [9.17, 15) is 25.2 Å². The van der Waals surface area contributed by atoms with Gasteiger partial charge in [-0.15, -0.1) is 0 Å². The van der Waals surface area contributed by atoms with Gasteiger partial charge in [0, 0.05) is 69.3 Å². The number of likely N-dealkylation sites (N-methyl/N-ethyl adjacent to an activating group) is 3. The van der Waals surface area contributed by atoms with Gasteiger partial charge in [0.2, 0.25) is 0 Å². The van der Waals surface area contributed by atoms with Crippen LogP contribution >= 0.6 is 0 Å². The van der Waals surface area contributed by atoms with E-state index in [4.69, 9.17) is 18.9 Å². The molecule has 4 fully saturated rings. The number of nitrogens with zero attached hydrogens (tertiary/aromatic N) is 3. The number of hydrogen-bond acceptors (Lipinski definition) is 12. The molecule has 6 aliphatic heterocycles. The van der Waals surface area contributed by atoms with Crippen LogP contribution in [0.1, 0.15) is 65.5 Å². The van der Waals surface area contributed by atoms with Crippen LogP contribution < -0.4 is 18.9 Å². The molecule has 0 unspecified atom stereocenters. The molecule has 3 spiro atoms. The van der Waals surface area contributed by atoms with Gasteiger partial charge in [0.05, 0.1) is 7.11 Å². The maximum atomic E-state index is 12.5. The first kappa shape index (κ1) is 39.7. The number of carbonyl (C=O) groups excluding carboxylic acids is 1. The number of rotatable bonds is 1. The molecule has 3 aromatic rings. The lowest BCUT2D eigenvalue weighted by Gasteiger charge is -2.57. The Hall–Kier alpha value is -4.59. The van der Waals surface area contributed by atoms with Gasteiger partial charge in [-0.25, -0.2) is 0 Å². The summed E-state index contributed by atoms with van der Waals surface area (Å²) in [6, 6.07) is 13.2. The first-order chi connectivity index (χ1) is 30.9. The highest BCUT2D eigenvalue weighted by Gasteiger charge is 2.67. The Balaban J connectivity index is 0.0000000967. The molecule has 4 N–H and O–H groups in total. The third kappa shape index (κ3) is 4.78. The second-order valence-corrected chi connectivity index (χ2v) is 21.1. The van der Waals surface area contributed by atoms with E-state index in [2.05, 4.69) is 54.1 Å². The molecule has 6 aliphatic carbocycles. The summed E-state index contributed by atoms with van der Waals surface area (Å²) in [6.45, 7) is 3.07. The molecule has 0 radical (unpaired) electrons. The zero-order valence-electron chi connectivity index (χ0n) is 37.1. The summed E-state index contributed by atoms with van der Waals surface area (Å²) < 4.78 is 24.0. The molecule has 1 saturated carbocycles. The van der Waals surface area contributed by atoms with Gasteiger partial charge in [-0.1, -0.05) is 42.5 Å². The van der Waals surface area contributed by atoms with Crippen molar-refractivity contribution in [3.05, 3.63) is 94.1 Å². The van der Waals surface area contributed by atoms with Gasteiger partial charge in [-0.05, 0) is 127 Å². The van der Waals surface area contributed by atoms with Crippen LogP contribution in [0.25, 0.3) is 0 Å². The molecular formula is C52H59N3O9. The first-order valence-corrected chi connectivity index (χ1v) is 23.7. The number of Topliss-reactive ketones (excluding diaryl/α,β-unsaturated/α-hetero) is 1. The van der Waals surface area contributed by atoms with Gasteiger partial charge in [-0.3, -0.25) is 4.79 Å². The standard InChI is InChI=1S/C18H21NO3.2C17H19NO3/c1-19-8-7-18-11-4-5-13(20)17(18)22-16-14(21-2)6-3-10(15(16)18)9-12(11)19;2*1-18-7-6-17-10-3-5-13(20)16(17)21-15-12(19)4-2-9(14(15)17)8-11(10)18/h3-6,11-13,17,20H,7-9H2,1-2H3;2,4,10-11,16,19H,3,5-8H2,1H3;2-5,10-11,13,16,19-20H,6-8H2,1H3/t11-,12+,13-,17-,18-;10-,11+,16-,17-;10-,11+,13-,16-,17-/m000/s1. The Morgan fingerprint density at radius 2 is 1.08 bits per heavy atom. The third-order valence-electron chi connectivity index (χ3n) is 18.9. The van der Waals surface area contributed by atoms with Crippen LogP contribution in [0.4, 0.5) is 0 Å². The van der Waals surface area contributed by atoms with Gasteiger partial charge < -0.3 is 54.1 Å². The molecule has 0 amide bonds. The van der Waals surface area contributed by atoms with E-state index < -0.39 is 12.2 Å². The average Bonchev–Trinajstić information content (AvgIpc) is 3.96. The number of likely N-dealkylation sites (tertiary alicyclic amines) is 3. The van der Waals surface area contributed by atoms with Crippen LogP contribution in [0.3, 0.4) is 0 Å². The fourth-order valence-electron chi connectivity index (χ4n) is 16.1. The number of aliphatic hydroxyl groups excluding tert-OH is 2. The number of aromatic hydroxyl groups is 2. The summed E-state index contributed by atoms with van der Waals surface area (Å²) in [7, 11) is 8.29. The number of ketones is 1. The van der Waals surface area contributed by atoms with Crippen molar-refractivity contribution in [2.24, 2.45) is 17.8 Å².